The molecule has 0 fully saturated rings. The van der Waals surface area contributed by atoms with Gasteiger partial charge in [-0.3, -0.25) is 0 Å². The van der Waals surface area contributed by atoms with Crippen LogP contribution in [0.5, 0.6) is 0 Å². The van der Waals surface area contributed by atoms with Gasteiger partial charge >= 0.3 is 8.32 Å². The summed E-state index contributed by atoms with van der Waals surface area (Å²) in [6.07, 6.45) is 0. The molecule has 3 nitrogen and oxygen atoms in total. The molecule has 0 rings (SSSR count). The predicted molar refractivity (Wildman–Crippen MR) is 54.3 cm³/mol. The standard InChI is InChI=1S/C8H15ClO3Si/c1-4-12-13(6-5-9,7(2)10)8(3)11/h4-6H2,1-3H3. The lowest BCUT2D eigenvalue weighted by Crippen LogP contribution is -2.53. The van der Waals surface area contributed by atoms with Crippen LogP contribution in [-0.4, -0.2) is 31.6 Å². The first-order valence-corrected chi connectivity index (χ1v) is 6.88. The molecule has 0 bridgehead atoms. The molecule has 0 heterocycles. The molecule has 0 amide bonds. The Labute approximate surface area is 84.5 Å². The summed E-state index contributed by atoms with van der Waals surface area (Å²) in [5.74, 6) is 0.297. The zero-order valence-corrected chi connectivity index (χ0v) is 9.98. The van der Waals surface area contributed by atoms with Gasteiger partial charge in [0.15, 0.2) is 0 Å². The minimum absolute atomic E-state index is 0.137. The van der Waals surface area contributed by atoms with E-state index in [1.807, 2.05) is 0 Å². The summed E-state index contributed by atoms with van der Waals surface area (Å²) >= 11 is 5.56. The molecule has 0 aliphatic carbocycles. The summed E-state index contributed by atoms with van der Waals surface area (Å²) in [4.78, 5) is 22.7. The number of hydrogen-bond donors (Lipinski definition) is 0. The van der Waals surface area contributed by atoms with Crippen molar-refractivity contribution in [3.05, 3.63) is 0 Å². The summed E-state index contributed by atoms with van der Waals surface area (Å²) < 4.78 is 5.35. The smallest absolute Gasteiger partial charge is 0.335 e. The molecule has 0 saturated heterocycles. The molecule has 0 aromatic rings. The SMILES string of the molecule is CCO[Si](CCCl)(C(C)=O)C(C)=O. The van der Waals surface area contributed by atoms with Gasteiger partial charge in [0, 0.05) is 12.5 Å². The Morgan fingerprint density at radius 1 is 1.31 bits per heavy atom. The van der Waals surface area contributed by atoms with Gasteiger partial charge < -0.3 is 14.0 Å². The molecule has 76 valence electrons. The molecule has 5 heteroatoms. The second-order valence-corrected chi connectivity index (χ2v) is 7.04. The highest BCUT2D eigenvalue weighted by atomic mass is 35.5. The van der Waals surface area contributed by atoms with Crippen LogP contribution in [-0.2, 0) is 14.0 Å². The van der Waals surface area contributed by atoms with Crippen molar-refractivity contribution in [2.75, 3.05) is 12.5 Å². The van der Waals surface area contributed by atoms with Crippen molar-refractivity contribution < 1.29 is 14.0 Å². The molecule has 13 heavy (non-hydrogen) atoms. The molecule has 0 unspecified atom stereocenters. The van der Waals surface area contributed by atoms with E-state index < -0.39 is 8.32 Å². The normalized spacial score (nSPS) is 11.4. The van der Waals surface area contributed by atoms with E-state index in [1.165, 1.54) is 13.8 Å². The maximum absolute atomic E-state index is 11.3. The molecule has 0 aromatic carbocycles. The molecular formula is C8H15ClO3Si. The van der Waals surface area contributed by atoms with E-state index in [1.54, 1.807) is 6.92 Å². The van der Waals surface area contributed by atoms with Gasteiger partial charge in [0.2, 0.25) is 0 Å². The highest BCUT2D eigenvalue weighted by Gasteiger charge is 2.45. The van der Waals surface area contributed by atoms with Crippen molar-refractivity contribution in [2.24, 2.45) is 0 Å². The Kier molecular flexibility index (Phi) is 5.44. The Balaban J connectivity index is 4.80. The highest BCUT2D eigenvalue weighted by Crippen LogP contribution is 2.15. The molecule has 0 spiro atoms. The summed E-state index contributed by atoms with van der Waals surface area (Å²) in [7, 11) is -2.86. The van der Waals surface area contributed by atoms with E-state index in [4.69, 9.17) is 16.0 Å². The first kappa shape index (κ1) is 12.8. The van der Waals surface area contributed by atoms with Crippen LogP contribution < -0.4 is 0 Å². The Morgan fingerprint density at radius 3 is 2.00 bits per heavy atom. The fourth-order valence-electron chi connectivity index (χ4n) is 1.25. The van der Waals surface area contributed by atoms with E-state index in [0.29, 0.717) is 18.5 Å². The van der Waals surface area contributed by atoms with Crippen molar-refractivity contribution in [3.63, 3.8) is 0 Å². The minimum atomic E-state index is -2.86. The number of halogens is 1. The predicted octanol–water partition coefficient (Wildman–Crippen LogP) is 1.46. The van der Waals surface area contributed by atoms with Crippen molar-refractivity contribution in [1.82, 2.24) is 0 Å². The molecule has 0 aromatic heterocycles. The minimum Gasteiger partial charge on any atom is -0.404 e. The zero-order valence-electron chi connectivity index (χ0n) is 8.22. The van der Waals surface area contributed by atoms with Crippen LogP contribution in [0.1, 0.15) is 20.8 Å². The molecular weight excluding hydrogens is 208 g/mol. The molecule has 0 aliphatic heterocycles. The zero-order chi connectivity index (χ0) is 10.5. The fourth-order valence-corrected chi connectivity index (χ4v) is 4.56. The Hall–Kier alpha value is -0.193. The third-order valence-electron chi connectivity index (χ3n) is 1.97. The first-order valence-electron chi connectivity index (χ1n) is 4.23. The second kappa shape index (κ2) is 5.52. The highest BCUT2D eigenvalue weighted by molar-refractivity contribution is 7.21. The van der Waals surface area contributed by atoms with Gasteiger partial charge in [-0.15, -0.1) is 11.6 Å². The van der Waals surface area contributed by atoms with E-state index >= 15 is 0 Å². The topological polar surface area (TPSA) is 43.4 Å². The number of rotatable bonds is 6. The molecule has 0 saturated carbocycles. The maximum Gasteiger partial charge on any atom is 0.335 e. The second-order valence-electron chi connectivity index (χ2n) is 2.81. The fraction of sp³-hybridized carbons (Fsp3) is 0.750. The summed E-state index contributed by atoms with van der Waals surface area (Å²) in [6, 6.07) is 0.382. The number of alkyl halides is 1. The molecule has 0 aliphatic rings. The van der Waals surface area contributed by atoms with Gasteiger partial charge in [-0.05, 0) is 26.8 Å². The summed E-state index contributed by atoms with van der Waals surface area (Å²) in [5, 5.41) is -0.273. The van der Waals surface area contributed by atoms with Crippen molar-refractivity contribution in [3.8, 4) is 0 Å². The molecule has 0 N–H and O–H groups in total. The van der Waals surface area contributed by atoms with Crippen LogP contribution in [0.15, 0.2) is 0 Å². The average Bonchev–Trinajstić information content (AvgIpc) is 2.03. The van der Waals surface area contributed by atoms with Crippen LogP contribution in [0, 0.1) is 0 Å². The van der Waals surface area contributed by atoms with Crippen LogP contribution in [0.3, 0.4) is 0 Å². The van der Waals surface area contributed by atoms with E-state index in [-0.39, 0.29) is 10.8 Å². The summed E-state index contributed by atoms with van der Waals surface area (Å²) in [6.45, 7) is 5.00. The van der Waals surface area contributed by atoms with Crippen LogP contribution in [0.25, 0.3) is 0 Å². The lowest BCUT2D eigenvalue weighted by Gasteiger charge is -2.24. The van der Waals surface area contributed by atoms with Gasteiger partial charge in [0.1, 0.15) is 10.8 Å². The van der Waals surface area contributed by atoms with Gasteiger partial charge in [-0.1, -0.05) is 0 Å². The Morgan fingerprint density at radius 2 is 1.77 bits per heavy atom. The van der Waals surface area contributed by atoms with E-state index in [9.17, 15) is 9.59 Å². The number of carbonyl (C=O) groups is 2. The maximum atomic E-state index is 11.3. The van der Waals surface area contributed by atoms with Crippen molar-refractivity contribution in [2.45, 2.75) is 26.8 Å². The quantitative estimate of drug-likeness (QED) is 0.505. The number of hydrogen-bond acceptors (Lipinski definition) is 3. The largest absolute Gasteiger partial charge is 0.404 e. The lowest BCUT2D eigenvalue weighted by molar-refractivity contribution is -0.116. The third-order valence-corrected chi connectivity index (χ3v) is 6.49. The van der Waals surface area contributed by atoms with Crippen molar-refractivity contribution >= 4 is 30.7 Å². The monoisotopic (exact) mass is 222 g/mol. The van der Waals surface area contributed by atoms with E-state index in [0.717, 1.165) is 0 Å². The third kappa shape index (κ3) is 2.89. The van der Waals surface area contributed by atoms with Crippen LogP contribution in [0.4, 0.5) is 0 Å². The average molecular weight is 223 g/mol. The summed E-state index contributed by atoms with van der Waals surface area (Å²) in [5.41, 5.74) is 0. The molecule has 0 radical (unpaired) electrons. The lowest BCUT2D eigenvalue weighted by atomic mass is 10.9. The molecule has 0 atom stereocenters. The van der Waals surface area contributed by atoms with E-state index in [2.05, 4.69) is 0 Å². The van der Waals surface area contributed by atoms with Crippen LogP contribution in [0.2, 0.25) is 6.04 Å². The van der Waals surface area contributed by atoms with Crippen molar-refractivity contribution in [1.29, 1.82) is 0 Å². The first-order chi connectivity index (χ1) is 6.01. The Bertz CT molecular complexity index is 184. The number of carbonyl (C=O) groups excluding carboxylic acids is 2. The van der Waals surface area contributed by atoms with Crippen LogP contribution >= 0.6 is 11.6 Å². The van der Waals surface area contributed by atoms with Gasteiger partial charge in [-0.25, -0.2) is 0 Å². The van der Waals surface area contributed by atoms with Gasteiger partial charge in [-0.2, -0.15) is 0 Å². The van der Waals surface area contributed by atoms with Gasteiger partial charge in [0.05, 0.1) is 0 Å². The van der Waals surface area contributed by atoms with Gasteiger partial charge in [0.25, 0.3) is 0 Å².